The van der Waals surface area contributed by atoms with E-state index < -0.39 is 0 Å². The predicted molar refractivity (Wildman–Crippen MR) is 78.8 cm³/mol. The van der Waals surface area contributed by atoms with Gasteiger partial charge in [0.15, 0.2) is 0 Å². The van der Waals surface area contributed by atoms with Gasteiger partial charge in [0.1, 0.15) is 0 Å². The van der Waals surface area contributed by atoms with Crippen LogP contribution >= 0.6 is 11.6 Å². The maximum absolute atomic E-state index is 6.06. The van der Waals surface area contributed by atoms with Crippen LogP contribution in [0.3, 0.4) is 0 Å². The van der Waals surface area contributed by atoms with Gasteiger partial charge in [0.25, 0.3) is 0 Å². The van der Waals surface area contributed by atoms with Gasteiger partial charge in [0.05, 0.1) is 0 Å². The zero-order valence-electron chi connectivity index (χ0n) is 11.7. The molecule has 2 aliphatic rings. The van der Waals surface area contributed by atoms with Gasteiger partial charge in [-0.2, -0.15) is 0 Å². The molecule has 0 aromatic rings. The third-order valence-corrected chi connectivity index (χ3v) is 4.06. The molecule has 0 amide bonds. The lowest BCUT2D eigenvalue weighted by Crippen LogP contribution is -2.53. The Labute approximate surface area is 116 Å². The minimum absolute atomic E-state index is 0.406. The van der Waals surface area contributed by atoms with E-state index in [-0.39, 0.29) is 0 Å². The van der Waals surface area contributed by atoms with Gasteiger partial charge >= 0.3 is 0 Å². The smallest absolute Gasteiger partial charge is 0.0378 e. The van der Waals surface area contributed by atoms with Crippen LogP contribution in [0.2, 0.25) is 0 Å². The molecule has 1 fully saturated rings. The van der Waals surface area contributed by atoms with Crippen molar-refractivity contribution in [3.63, 3.8) is 0 Å². The summed E-state index contributed by atoms with van der Waals surface area (Å²) in [5, 5.41) is 8.12. The van der Waals surface area contributed by atoms with Crippen molar-refractivity contribution >= 4 is 11.6 Å². The molecular formula is C15H25ClN2. The molecule has 0 aromatic carbocycles. The SMILES string of the molecule is CC(C)(C)CCNC1CCNC2C=C(Cl)C=CC21. The number of hydrogen-bond acceptors (Lipinski definition) is 2. The van der Waals surface area contributed by atoms with Gasteiger partial charge < -0.3 is 10.6 Å². The Hall–Kier alpha value is -0.310. The van der Waals surface area contributed by atoms with Gasteiger partial charge in [-0.15, -0.1) is 0 Å². The van der Waals surface area contributed by atoms with Gasteiger partial charge in [-0.3, -0.25) is 0 Å². The molecule has 102 valence electrons. The third-order valence-electron chi connectivity index (χ3n) is 3.81. The highest BCUT2D eigenvalue weighted by molar-refractivity contribution is 6.31. The number of nitrogens with one attached hydrogen (secondary N) is 2. The summed E-state index contributed by atoms with van der Waals surface area (Å²) in [7, 11) is 0. The molecular weight excluding hydrogens is 244 g/mol. The molecule has 0 aromatic heterocycles. The van der Waals surface area contributed by atoms with Gasteiger partial charge in [-0.05, 0) is 43.5 Å². The Morgan fingerprint density at radius 2 is 2.22 bits per heavy atom. The molecule has 1 aliphatic carbocycles. The van der Waals surface area contributed by atoms with E-state index in [0.29, 0.717) is 23.4 Å². The average molecular weight is 269 g/mol. The van der Waals surface area contributed by atoms with E-state index in [4.69, 9.17) is 11.6 Å². The highest BCUT2D eigenvalue weighted by Gasteiger charge is 2.31. The molecule has 2 N–H and O–H groups in total. The summed E-state index contributed by atoms with van der Waals surface area (Å²) in [6.45, 7) is 9.06. The molecule has 2 nitrogen and oxygen atoms in total. The largest absolute Gasteiger partial charge is 0.313 e. The lowest BCUT2D eigenvalue weighted by Gasteiger charge is -2.38. The van der Waals surface area contributed by atoms with Crippen LogP contribution in [0.4, 0.5) is 0 Å². The van der Waals surface area contributed by atoms with Gasteiger partial charge in [0.2, 0.25) is 0 Å². The quantitative estimate of drug-likeness (QED) is 0.822. The molecule has 3 heteroatoms. The topological polar surface area (TPSA) is 24.1 Å². The highest BCUT2D eigenvalue weighted by Crippen LogP contribution is 2.27. The van der Waals surface area contributed by atoms with Crippen molar-refractivity contribution in [3.8, 4) is 0 Å². The molecule has 3 unspecified atom stereocenters. The van der Waals surface area contributed by atoms with Gasteiger partial charge in [0, 0.05) is 23.0 Å². The van der Waals surface area contributed by atoms with E-state index in [9.17, 15) is 0 Å². The predicted octanol–water partition coefficient (Wildman–Crippen LogP) is 3.05. The van der Waals surface area contributed by atoms with Crippen molar-refractivity contribution in [2.45, 2.75) is 45.7 Å². The van der Waals surface area contributed by atoms with Crippen LogP contribution in [0, 0.1) is 11.3 Å². The Morgan fingerprint density at radius 1 is 1.44 bits per heavy atom. The number of hydrogen-bond donors (Lipinski definition) is 2. The Bertz CT molecular complexity index is 341. The molecule has 1 aliphatic heterocycles. The molecule has 0 radical (unpaired) electrons. The third kappa shape index (κ3) is 3.84. The van der Waals surface area contributed by atoms with Crippen molar-refractivity contribution in [2.75, 3.05) is 13.1 Å². The second kappa shape index (κ2) is 5.77. The van der Waals surface area contributed by atoms with E-state index in [1.165, 1.54) is 12.8 Å². The Morgan fingerprint density at radius 3 is 2.94 bits per heavy atom. The first-order valence-corrected chi connectivity index (χ1v) is 7.36. The molecule has 1 heterocycles. The van der Waals surface area contributed by atoms with E-state index >= 15 is 0 Å². The number of piperidine rings is 1. The highest BCUT2D eigenvalue weighted by atomic mass is 35.5. The summed E-state index contributed by atoms with van der Waals surface area (Å²) in [4.78, 5) is 0. The summed E-state index contributed by atoms with van der Waals surface area (Å²) >= 11 is 6.06. The first-order valence-electron chi connectivity index (χ1n) is 6.98. The monoisotopic (exact) mass is 268 g/mol. The molecule has 3 atom stereocenters. The van der Waals surface area contributed by atoms with Crippen LogP contribution in [0.5, 0.6) is 0 Å². The fourth-order valence-electron chi connectivity index (χ4n) is 2.71. The van der Waals surface area contributed by atoms with Crippen molar-refractivity contribution in [1.29, 1.82) is 0 Å². The molecule has 0 bridgehead atoms. The summed E-state index contributed by atoms with van der Waals surface area (Å²) < 4.78 is 0. The van der Waals surface area contributed by atoms with E-state index in [0.717, 1.165) is 18.1 Å². The van der Waals surface area contributed by atoms with Crippen LogP contribution in [0.25, 0.3) is 0 Å². The standard InChI is InChI=1S/C15H25ClN2/c1-15(2,3)7-9-18-13-6-8-17-14-10-11(16)4-5-12(13)14/h4-5,10,12-14,17-18H,6-9H2,1-3H3. The number of fused-ring (bicyclic) bond motifs is 1. The molecule has 1 saturated heterocycles. The van der Waals surface area contributed by atoms with Crippen LogP contribution in [-0.4, -0.2) is 25.2 Å². The summed E-state index contributed by atoms with van der Waals surface area (Å²) in [6.07, 6.45) is 8.85. The fraction of sp³-hybridized carbons (Fsp3) is 0.733. The lowest BCUT2D eigenvalue weighted by atomic mass is 9.83. The average Bonchev–Trinajstić information content (AvgIpc) is 2.27. The fourth-order valence-corrected chi connectivity index (χ4v) is 2.92. The van der Waals surface area contributed by atoms with Crippen LogP contribution in [0.15, 0.2) is 23.3 Å². The maximum Gasteiger partial charge on any atom is 0.0378 e. The lowest BCUT2D eigenvalue weighted by molar-refractivity contribution is 0.265. The molecule has 2 rings (SSSR count). The minimum Gasteiger partial charge on any atom is -0.313 e. The normalized spacial score (nSPS) is 32.0. The van der Waals surface area contributed by atoms with Gasteiger partial charge in [-0.25, -0.2) is 0 Å². The van der Waals surface area contributed by atoms with E-state index in [1.807, 2.05) is 6.08 Å². The zero-order valence-corrected chi connectivity index (χ0v) is 12.4. The molecule has 18 heavy (non-hydrogen) atoms. The van der Waals surface area contributed by atoms with E-state index in [1.54, 1.807) is 0 Å². The van der Waals surface area contributed by atoms with Crippen molar-refractivity contribution in [2.24, 2.45) is 11.3 Å². The first kappa shape index (κ1) is 14.1. The zero-order chi connectivity index (χ0) is 13.2. The summed E-state index contributed by atoms with van der Waals surface area (Å²) in [6, 6.07) is 0.985. The minimum atomic E-state index is 0.406. The molecule has 0 spiro atoms. The summed E-state index contributed by atoms with van der Waals surface area (Å²) in [5.74, 6) is 0.543. The van der Waals surface area contributed by atoms with E-state index in [2.05, 4.69) is 43.6 Å². The van der Waals surface area contributed by atoms with Crippen molar-refractivity contribution < 1.29 is 0 Å². The number of halogens is 1. The number of allylic oxidation sites excluding steroid dienone is 2. The second-order valence-corrected chi connectivity index (χ2v) is 7.06. The number of rotatable bonds is 3. The second-order valence-electron chi connectivity index (χ2n) is 6.63. The molecule has 0 saturated carbocycles. The van der Waals surface area contributed by atoms with Crippen molar-refractivity contribution in [3.05, 3.63) is 23.3 Å². The van der Waals surface area contributed by atoms with Gasteiger partial charge in [-0.1, -0.05) is 38.4 Å². The van der Waals surface area contributed by atoms with Crippen LogP contribution in [0.1, 0.15) is 33.6 Å². The summed E-state index contributed by atoms with van der Waals surface area (Å²) in [5.41, 5.74) is 0.408. The Kier molecular flexibility index (Phi) is 4.52. The van der Waals surface area contributed by atoms with Crippen LogP contribution in [-0.2, 0) is 0 Å². The van der Waals surface area contributed by atoms with Crippen molar-refractivity contribution in [1.82, 2.24) is 10.6 Å². The maximum atomic E-state index is 6.06. The Balaban J connectivity index is 1.87. The first-order chi connectivity index (χ1) is 8.46. The van der Waals surface area contributed by atoms with Crippen LogP contribution < -0.4 is 10.6 Å².